The number of hydrogen-bond donors (Lipinski definition) is 0. The summed E-state index contributed by atoms with van der Waals surface area (Å²) in [7, 11) is 0. The van der Waals surface area contributed by atoms with E-state index >= 15 is 0 Å². The summed E-state index contributed by atoms with van der Waals surface area (Å²) in [6.07, 6.45) is 0. The minimum absolute atomic E-state index is 0. The average molecular weight is 366 g/mol. The largest absolute Gasteiger partial charge is 3.00 e. The predicted molar refractivity (Wildman–Crippen MR) is 108 cm³/mol. The second-order valence-electron chi connectivity index (χ2n) is 7.12. The molecule has 0 saturated carbocycles. The first-order valence-electron chi connectivity index (χ1n) is 9.06. The van der Waals surface area contributed by atoms with Crippen LogP contribution < -0.4 is 0 Å². The quantitative estimate of drug-likeness (QED) is 0.419. The molecule has 3 aromatic carbocycles. The minimum atomic E-state index is 0. The molecule has 0 aliphatic carbocycles. The van der Waals surface area contributed by atoms with Crippen LogP contribution >= 0.6 is 0 Å². The molecule has 0 amide bonds. The van der Waals surface area contributed by atoms with Crippen LogP contribution in [0.2, 0.25) is 0 Å². The smallest absolute Gasteiger partial charge is 0.213 e. The van der Waals surface area contributed by atoms with Gasteiger partial charge in [0.15, 0.2) is 0 Å². The number of hydrogen-bond acceptors (Lipinski definition) is 0. The van der Waals surface area contributed by atoms with Crippen molar-refractivity contribution >= 4 is 0 Å². The van der Waals surface area contributed by atoms with Gasteiger partial charge in [-0.2, -0.15) is 53.1 Å². The van der Waals surface area contributed by atoms with E-state index in [2.05, 4.69) is 114 Å². The van der Waals surface area contributed by atoms with E-state index in [4.69, 9.17) is 0 Å². The van der Waals surface area contributed by atoms with Gasteiger partial charge in [0, 0.05) is 0 Å². The molecule has 0 aliphatic rings. The molecule has 0 fully saturated rings. The van der Waals surface area contributed by atoms with Crippen LogP contribution in [0.5, 0.6) is 0 Å². The Morgan fingerprint density at radius 3 is 0.640 bits per heavy atom. The first-order valence-corrected chi connectivity index (χ1v) is 9.06. The molecule has 0 aromatic heterocycles. The van der Waals surface area contributed by atoms with E-state index in [1.165, 1.54) is 16.7 Å². The van der Waals surface area contributed by atoms with Crippen LogP contribution in [0.3, 0.4) is 0 Å². The number of rotatable bonds is 3. The normalized spacial score (nSPS) is 9.96. The summed E-state index contributed by atoms with van der Waals surface area (Å²) in [6, 6.07) is 25.4. The van der Waals surface area contributed by atoms with E-state index in [9.17, 15) is 0 Å². The Kier molecular flexibility index (Phi) is 12.6. The van der Waals surface area contributed by atoms with E-state index in [-0.39, 0.29) is 25.8 Å². The molecular formula is C24H33Sc. The first-order chi connectivity index (χ1) is 11.4. The van der Waals surface area contributed by atoms with Crippen molar-refractivity contribution < 1.29 is 25.8 Å². The Balaban J connectivity index is 0.000000339. The summed E-state index contributed by atoms with van der Waals surface area (Å²) >= 11 is 0. The SMILES string of the molecule is CC(C)[c-]1cccc1.CC(C)[c-]1cccc1.CC(C)[c-]1cccc1.[Sc+3]. The fraction of sp³-hybridized carbons (Fsp3) is 0.375. The molecule has 3 aromatic rings. The van der Waals surface area contributed by atoms with Crippen LogP contribution in [0.25, 0.3) is 0 Å². The molecule has 0 aliphatic heterocycles. The van der Waals surface area contributed by atoms with Gasteiger partial charge in [-0.15, -0.1) is 0 Å². The van der Waals surface area contributed by atoms with Crippen molar-refractivity contribution in [2.45, 2.75) is 59.3 Å². The van der Waals surface area contributed by atoms with Crippen LogP contribution in [0.15, 0.2) is 72.8 Å². The van der Waals surface area contributed by atoms with Crippen LogP contribution in [0, 0.1) is 0 Å². The van der Waals surface area contributed by atoms with E-state index in [0.29, 0.717) is 17.8 Å². The third-order valence-corrected chi connectivity index (χ3v) is 4.07. The molecule has 0 N–H and O–H groups in total. The maximum absolute atomic E-state index is 2.20. The predicted octanol–water partition coefficient (Wildman–Crippen LogP) is 7.58. The summed E-state index contributed by atoms with van der Waals surface area (Å²) in [5, 5.41) is 0. The molecule has 0 heterocycles. The zero-order valence-electron chi connectivity index (χ0n) is 16.7. The Morgan fingerprint density at radius 2 is 0.560 bits per heavy atom. The van der Waals surface area contributed by atoms with E-state index in [0.717, 1.165) is 0 Å². The third-order valence-electron chi connectivity index (χ3n) is 4.07. The van der Waals surface area contributed by atoms with Crippen molar-refractivity contribution in [2.24, 2.45) is 0 Å². The molecule has 0 nitrogen and oxygen atoms in total. The van der Waals surface area contributed by atoms with Crippen molar-refractivity contribution in [1.29, 1.82) is 0 Å². The summed E-state index contributed by atoms with van der Waals surface area (Å²) in [5.41, 5.74) is 4.31. The maximum Gasteiger partial charge on any atom is 3.00 e. The molecule has 0 unspecified atom stereocenters. The maximum atomic E-state index is 2.20. The van der Waals surface area contributed by atoms with Crippen molar-refractivity contribution in [1.82, 2.24) is 0 Å². The molecule has 0 saturated heterocycles. The standard InChI is InChI=1S/3C8H11.Sc/c3*1-7(2)8-5-3-4-6-8;/h3*3-7H,1-2H3;/q3*-1;+3. The molecule has 132 valence electrons. The topological polar surface area (TPSA) is 0 Å². The zero-order chi connectivity index (χ0) is 17.9. The molecule has 0 spiro atoms. The van der Waals surface area contributed by atoms with E-state index < -0.39 is 0 Å². The molecule has 0 bridgehead atoms. The Hall–Kier alpha value is -1.08. The fourth-order valence-electron chi connectivity index (χ4n) is 2.32. The molecule has 1 heteroatoms. The van der Waals surface area contributed by atoms with Gasteiger partial charge in [0.25, 0.3) is 0 Å². The Bertz CT molecular complexity index is 502. The van der Waals surface area contributed by atoms with Crippen molar-refractivity contribution in [2.75, 3.05) is 0 Å². The van der Waals surface area contributed by atoms with Gasteiger partial charge in [-0.25, -0.2) is 36.4 Å². The molecule has 25 heavy (non-hydrogen) atoms. The van der Waals surface area contributed by atoms with Gasteiger partial charge in [-0.1, -0.05) is 59.3 Å². The van der Waals surface area contributed by atoms with E-state index in [1.54, 1.807) is 0 Å². The third kappa shape index (κ3) is 9.85. The van der Waals surface area contributed by atoms with Crippen LogP contribution in [0.4, 0.5) is 0 Å². The van der Waals surface area contributed by atoms with Gasteiger partial charge in [0.1, 0.15) is 0 Å². The van der Waals surface area contributed by atoms with Crippen molar-refractivity contribution in [3.63, 3.8) is 0 Å². The Morgan fingerprint density at radius 1 is 0.400 bits per heavy atom. The first kappa shape index (κ1) is 23.9. The van der Waals surface area contributed by atoms with Crippen LogP contribution in [-0.4, -0.2) is 0 Å². The van der Waals surface area contributed by atoms with Gasteiger partial charge in [0.2, 0.25) is 0 Å². The fourth-order valence-corrected chi connectivity index (χ4v) is 2.32. The summed E-state index contributed by atoms with van der Waals surface area (Å²) in [5.74, 6) is 2.06. The minimum Gasteiger partial charge on any atom is -0.213 e. The van der Waals surface area contributed by atoms with Crippen molar-refractivity contribution in [3.8, 4) is 0 Å². The molecular weight excluding hydrogens is 333 g/mol. The van der Waals surface area contributed by atoms with Gasteiger partial charge >= 0.3 is 25.8 Å². The van der Waals surface area contributed by atoms with Gasteiger partial charge < -0.3 is 0 Å². The van der Waals surface area contributed by atoms with E-state index in [1.807, 2.05) is 0 Å². The monoisotopic (exact) mass is 366 g/mol. The molecule has 0 atom stereocenters. The van der Waals surface area contributed by atoms with Gasteiger partial charge in [-0.3, -0.25) is 0 Å². The summed E-state index contributed by atoms with van der Waals surface area (Å²) in [4.78, 5) is 0. The van der Waals surface area contributed by atoms with Crippen LogP contribution in [-0.2, 0) is 25.8 Å². The average Bonchev–Trinajstić information content (AvgIpc) is 3.29. The molecule has 3 rings (SSSR count). The van der Waals surface area contributed by atoms with Crippen molar-refractivity contribution in [3.05, 3.63) is 89.5 Å². The second-order valence-corrected chi connectivity index (χ2v) is 7.12. The molecule has 0 radical (unpaired) electrons. The zero-order valence-corrected chi connectivity index (χ0v) is 18.5. The van der Waals surface area contributed by atoms with Crippen LogP contribution in [0.1, 0.15) is 76.0 Å². The second kappa shape index (κ2) is 13.2. The van der Waals surface area contributed by atoms with Gasteiger partial charge in [-0.05, 0) is 0 Å². The van der Waals surface area contributed by atoms with Gasteiger partial charge in [0.05, 0.1) is 0 Å². The summed E-state index contributed by atoms with van der Waals surface area (Å²) in [6.45, 7) is 13.2. The summed E-state index contributed by atoms with van der Waals surface area (Å²) < 4.78 is 0. The Labute approximate surface area is 174 Å².